The summed E-state index contributed by atoms with van der Waals surface area (Å²) >= 11 is 6.06. The topological polar surface area (TPSA) is 39.1 Å². The van der Waals surface area contributed by atoms with Gasteiger partial charge in [-0.2, -0.15) is 5.10 Å². The normalized spacial score (nSPS) is 10.7. The van der Waals surface area contributed by atoms with Crippen molar-refractivity contribution in [2.75, 3.05) is 14.2 Å². The van der Waals surface area contributed by atoms with Crippen molar-refractivity contribution in [1.29, 1.82) is 0 Å². The van der Waals surface area contributed by atoms with Crippen molar-refractivity contribution >= 4 is 11.6 Å². The lowest BCUT2D eigenvalue weighted by atomic mass is 10.1. The molecule has 18 heavy (non-hydrogen) atoms. The number of halogens is 1. The zero-order valence-electron chi connectivity index (χ0n) is 10.7. The maximum atomic E-state index is 6.06. The Hall–Kier alpha value is -1.52. The van der Waals surface area contributed by atoms with Crippen LogP contribution in [0, 0.1) is 0 Å². The first-order chi connectivity index (χ1) is 8.65. The maximum absolute atomic E-state index is 6.06. The summed E-state index contributed by atoms with van der Waals surface area (Å²) in [5.74, 6) is 0.796. The van der Waals surface area contributed by atoms with Gasteiger partial charge in [-0.3, -0.25) is 4.68 Å². The highest BCUT2D eigenvalue weighted by Gasteiger charge is 2.14. The Morgan fingerprint density at radius 2 is 2.17 bits per heavy atom. The van der Waals surface area contributed by atoms with Crippen molar-refractivity contribution in [2.24, 2.45) is 7.05 Å². The maximum Gasteiger partial charge on any atom is 0.126 e. The summed E-state index contributed by atoms with van der Waals surface area (Å²) in [4.78, 5) is 0. The van der Waals surface area contributed by atoms with Gasteiger partial charge >= 0.3 is 0 Å². The molecule has 1 heterocycles. The number of nitrogens with one attached hydrogen (secondary N) is 1. The quantitative estimate of drug-likeness (QED) is 0.923. The van der Waals surface area contributed by atoms with Crippen LogP contribution in [0.1, 0.15) is 5.69 Å². The minimum Gasteiger partial charge on any atom is -0.496 e. The van der Waals surface area contributed by atoms with Gasteiger partial charge in [-0.05, 0) is 25.2 Å². The van der Waals surface area contributed by atoms with E-state index in [0.29, 0.717) is 11.6 Å². The number of nitrogens with zero attached hydrogens (tertiary/aromatic N) is 2. The van der Waals surface area contributed by atoms with Crippen LogP contribution in [0.2, 0.25) is 5.02 Å². The summed E-state index contributed by atoms with van der Waals surface area (Å²) < 4.78 is 7.18. The number of ether oxygens (including phenoxy) is 1. The van der Waals surface area contributed by atoms with Crippen LogP contribution in [-0.4, -0.2) is 23.9 Å². The summed E-state index contributed by atoms with van der Waals surface area (Å²) in [7, 11) is 5.45. The van der Waals surface area contributed by atoms with E-state index in [9.17, 15) is 0 Å². The molecule has 0 spiro atoms. The molecule has 1 N–H and O–H groups in total. The highest BCUT2D eigenvalue weighted by atomic mass is 35.5. The van der Waals surface area contributed by atoms with Crippen LogP contribution in [0.3, 0.4) is 0 Å². The Balaban J connectivity index is 2.56. The molecule has 4 nitrogen and oxygen atoms in total. The standard InChI is InChI=1S/C13H16ClN3O/c1-15-7-12-11(8-17(2)16-12)10-6-9(14)4-5-13(10)18-3/h4-6,8,15H,7H2,1-3H3. The molecule has 0 amide bonds. The summed E-state index contributed by atoms with van der Waals surface area (Å²) in [6.07, 6.45) is 1.97. The molecule has 0 aliphatic heterocycles. The molecule has 96 valence electrons. The van der Waals surface area contributed by atoms with E-state index >= 15 is 0 Å². The first-order valence-corrected chi connectivity index (χ1v) is 6.04. The third kappa shape index (κ3) is 2.49. The molecule has 2 aromatic rings. The summed E-state index contributed by atoms with van der Waals surface area (Å²) in [5, 5.41) is 8.23. The minimum atomic E-state index is 0.685. The summed E-state index contributed by atoms with van der Waals surface area (Å²) in [5.41, 5.74) is 2.97. The van der Waals surface area contributed by atoms with Crippen molar-refractivity contribution in [1.82, 2.24) is 15.1 Å². The van der Waals surface area contributed by atoms with Gasteiger partial charge in [0.05, 0.1) is 12.8 Å². The lowest BCUT2D eigenvalue weighted by Crippen LogP contribution is -2.07. The second-order valence-electron chi connectivity index (χ2n) is 4.04. The van der Waals surface area contributed by atoms with E-state index in [-0.39, 0.29) is 0 Å². The zero-order chi connectivity index (χ0) is 13.1. The number of rotatable bonds is 4. The fraction of sp³-hybridized carbons (Fsp3) is 0.308. The fourth-order valence-corrected chi connectivity index (χ4v) is 2.12. The predicted octanol–water partition coefficient (Wildman–Crippen LogP) is 2.47. The predicted molar refractivity (Wildman–Crippen MR) is 73.0 cm³/mol. The van der Waals surface area contributed by atoms with Gasteiger partial charge in [0.1, 0.15) is 5.75 Å². The molecule has 0 unspecified atom stereocenters. The van der Waals surface area contributed by atoms with Crippen LogP contribution >= 0.6 is 11.6 Å². The highest BCUT2D eigenvalue weighted by molar-refractivity contribution is 6.31. The van der Waals surface area contributed by atoms with Crippen molar-refractivity contribution in [3.63, 3.8) is 0 Å². The van der Waals surface area contributed by atoms with Gasteiger partial charge in [-0.1, -0.05) is 11.6 Å². The highest BCUT2D eigenvalue weighted by Crippen LogP contribution is 2.34. The average molecular weight is 266 g/mol. The minimum absolute atomic E-state index is 0.685. The van der Waals surface area contributed by atoms with Crippen molar-refractivity contribution < 1.29 is 4.74 Å². The van der Waals surface area contributed by atoms with Crippen LogP contribution in [0.15, 0.2) is 24.4 Å². The molecule has 0 bridgehead atoms. The second kappa shape index (κ2) is 5.42. The molecule has 0 radical (unpaired) electrons. The zero-order valence-corrected chi connectivity index (χ0v) is 11.5. The lowest BCUT2D eigenvalue weighted by molar-refractivity contribution is 0.416. The molecule has 5 heteroatoms. The summed E-state index contributed by atoms with van der Waals surface area (Å²) in [6.45, 7) is 0.700. The number of benzene rings is 1. The molecule has 0 fully saturated rings. The van der Waals surface area contributed by atoms with Crippen LogP contribution in [0.5, 0.6) is 5.75 Å². The molecule has 0 atom stereocenters. The first kappa shape index (κ1) is 12.9. The number of hydrogen-bond acceptors (Lipinski definition) is 3. The molecular formula is C13H16ClN3O. The molecule has 2 rings (SSSR count). The van der Waals surface area contributed by atoms with Gasteiger partial charge in [0.25, 0.3) is 0 Å². The van der Waals surface area contributed by atoms with Crippen LogP contribution in [-0.2, 0) is 13.6 Å². The van der Waals surface area contributed by atoms with Crippen molar-refractivity contribution in [3.05, 3.63) is 35.1 Å². The number of hydrogen-bond donors (Lipinski definition) is 1. The van der Waals surface area contributed by atoms with E-state index in [1.54, 1.807) is 11.8 Å². The lowest BCUT2D eigenvalue weighted by Gasteiger charge is -2.08. The van der Waals surface area contributed by atoms with Gasteiger partial charge in [0, 0.05) is 35.9 Å². The van der Waals surface area contributed by atoms with Crippen LogP contribution in [0.25, 0.3) is 11.1 Å². The van der Waals surface area contributed by atoms with Gasteiger partial charge in [-0.15, -0.1) is 0 Å². The first-order valence-electron chi connectivity index (χ1n) is 5.66. The van der Waals surface area contributed by atoms with E-state index < -0.39 is 0 Å². The fourth-order valence-electron chi connectivity index (χ4n) is 1.95. The third-order valence-corrected chi connectivity index (χ3v) is 2.94. The monoisotopic (exact) mass is 265 g/mol. The smallest absolute Gasteiger partial charge is 0.126 e. The van der Waals surface area contributed by atoms with Crippen molar-refractivity contribution in [2.45, 2.75) is 6.54 Å². The van der Waals surface area contributed by atoms with E-state index in [0.717, 1.165) is 22.6 Å². The number of aromatic nitrogens is 2. The molecule has 0 aliphatic carbocycles. The Morgan fingerprint density at radius 1 is 1.39 bits per heavy atom. The van der Waals surface area contributed by atoms with E-state index in [4.69, 9.17) is 16.3 Å². The Kier molecular flexibility index (Phi) is 3.89. The van der Waals surface area contributed by atoms with Gasteiger partial charge in [-0.25, -0.2) is 0 Å². The molecule has 0 aliphatic rings. The van der Waals surface area contributed by atoms with Gasteiger partial charge < -0.3 is 10.1 Å². The second-order valence-corrected chi connectivity index (χ2v) is 4.47. The van der Waals surface area contributed by atoms with Crippen LogP contribution in [0.4, 0.5) is 0 Å². The van der Waals surface area contributed by atoms with Gasteiger partial charge in [0.2, 0.25) is 0 Å². The van der Waals surface area contributed by atoms with Gasteiger partial charge in [0.15, 0.2) is 0 Å². The van der Waals surface area contributed by atoms with Crippen molar-refractivity contribution in [3.8, 4) is 16.9 Å². The number of methoxy groups -OCH3 is 1. The Labute approximate surface area is 112 Å². The van der Waals surface area contributed by atoms with E-state index in [1.807, 2.05) is 38.5 Å². The molecule has 0 saturated carbocycles. The summed E-state index contributed by atoms with van der Waals surface area (Å²) in [6, 6.07) is 5.59. The molecule has 1 aromatic carbocycles. The number of aryl methyl sites for hydroxylation is 1. The molecule has 0 saturated heterocycles. The molecular weight excluding hydrogens is 250 g/mol. The van der Waals surface area contributed by atoms with E-state index in [2.05, 4.69) is 10.4 Å². The Bertz CT molecular complexity index is 551. The Morgan fingerprint density at radius 3 is 2.83 bits per heavy atom. The van der Waals surface area contributed by atoms with E-state index in [1.165, 1.54) is 0 Å². The molecule has 1 aromatic heterocycles. The SMILES string of the molecule is CNCc1nn(C)cc1-c1cc(Cl)ccc1OC. The largest absolute Gasteiger partial charge is 0.496 e. The average Bonchev–Trinajstić information content (AvgIpc) is 2.71. The van der Waals surface area contributed by atoms with Crippen LogP contribution < -0.4 is 10.1 Å². The third-order valence-electron chi connectivity index (χ3n) is 2.70.